The second kappa shape index (κ2) is 9.70. The third-order valence-electron chi connectivity index (χ3n) is 4.15. The number of nitrogens with zero attached hydrogens (tertiary/aromatic N) is 1. The summed E-state index contributed by atoms with van der Waals surface area (Å²) in [5.74, 6) is -0.939. The average molecular weight is 512 g/mol. The summed E-state index contributed by atoms with van der Waals surface area (Å²) in [6.45, 7) is -0.522. The summed E-state index contributed by atoms with van der Waals surface area (Å²) in [5.41, 5.74) is 1.07. The highest BCUT2D eigenvalue weighted by molar-refractivity contribution is 9.10. The SMILES string of the molecule is O=C(CN(Cc1ccc(F)cc1)S(=O)(=O)c1ccc(Cl)cc1)Nc1cccc(Br)c1. The first-order valence-corrected chi connectivity index (χ1v) is 11.4. The number of carbonyl (C=O) groups excluding carboxylic acids is 1. The van der Waals surface area contributed by atoms with E-state index in [0.717, 1.165) is 8.78 Å². The molecule has 156 valence electrons. The highest BCUT2D eigenvalue weighted by atomic mass is 79.9. The summed E-state index contributed by atoms with van der Waals surface area (Å²) in [6, 6.07) is 18.1. The molecule has 0 spiro atoms. The Morgan fingerprint density at radius 3 is 2.33 bits per heavy atom. The van der Waals surface area contributed by atoms with Crippen molar-refractivity contribution >= 4 is 49.1 Å². The number of halogens is 3. The zero-order chi connectivity index (χ0) is 21.7. The zero-order valence-electron chi connectivity index (χ0n) is 15.6. The van der Waals surface area contributed by atoms with E-state index in [2.05, 4.69) is 21.2 Å². The van der Waals surface area contributed by atoms with Crippen molar-refractivity contribution in [2.24, 2.45) is 0 Å². The molecule has 0 atom stereocenters. The predicted molar refractivity (Wildman–Crippen MR) is 118 cm³/mol. The van der Waals surface area contributed by atoms with Crippen molar-refractivity contribution < 1.29 is 17.6 Å². The van der Waals surface area contributed by atoms with Crippen LogP contribution in [0.3, 0.4) is 0 Å². The molecule has 3 aromatic rings. The van der Waals surface area contributed by atoms with Gasteiger partial charge in [-0.15, -0.1) is 0 Å². The lowest BCUT2D eigenvalue weighted by molar-refractivity contribution is -0.116. The van der Waals surface area contributed by atoms with Gasteiger partial charge in [0.25, 0.3) is 0 Å². The van der Waals surface area contributed by atoms with Gasteiger partial charge < -0.3 is 5.32 Å². The zero-order valence-corrected chi connectivity index (χ0v) is 18.7. The topological polar surface area (TPSA) is 66.5 Å². The van der Waals surface area contributed by atoms with Crippen LogP contribution >= 0.6 is 27.5 Å². The number of carbonyl (C=O) groups is 1. The van der Waals surface area contributed by atoms with Gasteiger partial charge in [0.05, 0.1) is 11.4 Å². The van der Waals surface area contributed by atoms with Crippen LogP contribution in [0.4, 0.5) is 10.1 Å². The van der Waals surface area contributed by atoms with Crippen molar-refractivity contribution in [3.05, 3.63) is 93.7 Å². The van der Waals surface area contributed by atoms with Crippen LogP contribution in [-0.2, 0) is 21.4 Å². The van der Waals surface area contributed by atoms with Crippen LogP contribution in [0.15, 0.2) is 82.2 Å². The first kappa shape index (κ1) is 22.4. The second-order valence-electron chi connectivity index (χ2n) is 6.41. The molecule has 0 aliphatic rings. The van der Waals surface area contributed by atoms with Gasteiger partial charge in [-0.3, -0.25) is 4.79 Å². The van der Waals surface area contributed by atoms with Gasteiger partial charge in [-0.2, -0.15) is 4.31 Å². The van der Waals surface area contributed by atoms with Crippen LogP contribution in [-0.4, -0.2) is 25.2 Å². The fourth-order valence-electron chi connectivity index (χ4n) is 2.70. The Morgan fingerprint density at radius 1 is 1.03 bits per heavy atom. The quantitative estimate of drug-likeness (QED) is 0.482. The maximum Gasteiger partial charge on any atom is 0.243 e. The van der Waals surface area contributed by atoms with E-state index in [1.54, 1.807) is 18.2 Å². The van der Waals surface area contributed by atoms with Crippen molar-refractivity contribution in [2.45, 2.75) is 11.4 Å². The van der Waals surface area contributed by atoms with Crippen LogP contribution in [0, 0.1) is 5.82 Å². The van der Waals surface area contributed by atoms with Gasteiger partial charge >= 0.3 is 0 Å². The van der Waals surface area contributed by atoms with Crippen molar-refractivity contribution in [1.29, 1.82) is 0 Å². The van der Waals surface area contributed by atoms with E-state index in [-0.39, 0.29) is 11.4 Å². The molecule has 0 saturated heterocycles. The molecule has 30 heavy (non-hydrogen) atoms. The first-order chi connectivity index (χ1) is 14.2. The number of hydrogen-bond acceptors (Lipinski definition) is 3. The minimum absolute atomic E-state index is 0.00395. The van der Waals surface area contributed by atoms with Crippen LogP contribution in [0.1, 0.15) is 5.56 Å². The van der Waals surface area contributed by atoms with Crippen molar-refractivity contribution in [3.63, 3.8) is 0 Å². The first-order valence-electron chi connectivity index (χ1n) is 8.79. The van der Waals surface area contributed by atoms with E-state index < -0.39 is 28.3 Å². The standard InChI is InChI=1S/C21H17BrClFN2O3S/c22-16-2-1-3-19(12-16)25-21(27)14-26(13-15-4-8-18(24)9-5-15)30(28,29)20-10-6-17(23)7-11-20/h1-12H,13-14H2,(H,25,27). The Morgan fingerprint density at radius 2 is 1.70 bits per heavy atom. The van der Waals surface area contributed by atoms with Gasteiger partial charge in [0.15, 0.2) is 0 Å². The minimum atomic E-state index is -4.01. The molecule has 5 nitrogen and oxygen atoms in total. The third kappa shape index (κ3) is 5.89. The Hall–Kier alpha value is -2.26. The highest BCUT2D eigenvalue weighted by Gasteiger charge is 2.27. The molecule has 0 saturated carbocycles. The Bertz CT molecular complexity index is 1140. The molecule has 0 heterocycles. The summed E-state index contributed by atoms with van der Waals surface area (Å²) in [5, 5.41) is 3.08. The van der Waals surface area contributed by atoms with Crippen LogP contribution in [0.2, 0.25) is 5.02 Å². The van der Waals surface area contributed by atoms with E-state index in [1.807, 2.05) is 6.07 Å². The normalized spacial score (nSPS) is 11.5. The molecule has 0 fully saturated rings. The maximum absolute atomic E-state index is 13.2. The van der Waals surface area contributed by atoms with Gasteiger partial charge in [0, 0.05) is 21.7 Å². The predicted octanol–water partition coefficient (Wildman–Crippen LogP) is 5.07. The number of hydrogen-bond donors (Lipinski definition) is 1. The maximum atomic E-state index is 13.2. The van der Waals surface area contributed by atoms with Crippen molar-refractivity contribution in [3.8, 4) is 0 Å². The van der Waals surface area contributed by atoms with Gasteiger partial charge in [0.1, 0.15) is 5.82 Å². The number of amides is 1. The summed E-state index contributed by atoms with van der Waals surface area (Å²) < 4.78 is 41.4. The van der Waals surface area contributed by atoms with E-state index in [1.165, 1.54) is 48.5 Å². The van der Waals surface area contributed by atoms with Crippen LogP contribution in [0.5, 0.6) is 0 Å². The van der Waals surface area contributed by atoms with Crippen molar-refractivity contribution in [1.82, 2.24) is 4.31 Å². The lowest BCUT2D eigenvalue weighted by Crippen LogP contribution is -2.37. The van der Waals surface area contributed by atoms with Crippen molar-refractivity contribution in [2.75, 3.05) is 11.9 Å². The molecule has 1 amide bonds. The van der Waals surface area contributed by atoms with E-state index in [4.69, 9.17) is 11.6 Å². The molecule has 0 aliphatic heterocycles. The van der Waals surface area contributed by atoms with Gasteiger partial charge in [0.2, 0.25) is 15.9 Å². The van der Waals surface area contributed by atoms with Crippen LogP contribution in [0.25, 0.3) is 0 Å². The second-order valence-corrected chi connectivity index (χ2v) is 9.70. The van der Waals surface area contributed by atoms with Gasteiger partial charge in [-0.05, 0) is 60.2 Å². The van der Waals surface area contributed by atoms with Gasteiger partial charge in [-0.1, -0.05) is 45.7 Å². The molecule has 0 unspecified atom stereocenters. The number of benzene rings is 3. The Labute approximate surface area is 187 Å². The monoisotopic (exact) mass is 510 g/mol. The fraction of sp³-hybridized carbons (Fsp3) is 0.0952. The molecule has 3 rings (SSSR count). The molecule has 0 aromatic heterocycles. The summed E-state index contributed by atoms with van der Waals surface area (Å²) in [4.78, 5) is 12.6. The van der Waals surface area contributed by atoms with E-state index in [9.17, 15) is 17.6 Å². The lowest BCUT2D eigenvalue weighted by atomic mass is 10.2. The number of nitrogens with one attached hydrogen (secondary N) is 1. The van der Waals surface area contributed by atoms with Crippen LogP contribution < -0.4 is 5.32 Å². The average Bonchev–Trinajstić information content (AvgIpc) is 2.69. The highest BCUT2D eigenvalue weighted by Crippen LogP contribution is 2.21. The largest absolute Gasteiger partial charge is 0.325 e. The number of sulfonamides is 1. The Kier molecular flexibility index (Phi) is 7.25. The molecule has 1 N–H and O–H groups in total. The van der Waals surface area contributed by atoms with E-state index in [0.29, 0.717) is 16.3 Å². The van der Waals surface area contributed by atoms with E-state index >= 15 is 0 Å². The smallest absolute Gasteiger partial charge is 0.243 e. The molecule has 3 aromatic carbocycles. The fourth-order valence-corrected chi connectivity index (χ4v) is 4.61. The lowest BCUT2D eigenvalue weighted by Gasteiger charge is -2.22. The molecular weight excluding hydrogens is 495 g/mol. The summed E-state index contributed by atoms with van der Waals surface area (Å²) >= 11 is 9.18. The molecule has 0 bridgehead atoms. The summed E-state index contributed by atoms with van der Waals surface area (Å²) in [7, 11) is -4.01. The van der Waals surface area contributed by atoms with Gasteiger partial charge in [-0.25, -0.2) is 12.8 Å². The molecular formula is C21H17BrClFN2O3S. The molecule has 0 radical (unpaired) electrons. The minimum Gasteiger partial charge on any atom is -0.325 e. The number of rotatable bonds is 7. The Balaban J connectivity index is 1.87. The molecule has 9 heteroatoms. The summed E-state index contributed by atoms with van der Waals surface area (Å²) in [6.07, 6.45) is 0. The molecule has 0 aliphatic carbocycles. The third-order valence-corrected chi connectivity index (χ3v) is 6.70. The number of anilines is 1.